The summed E-state index contributed by atoms with van der Waals surface area (Å²) in [7, 11) is 1.82. The SMILES string of the molecule is COC[PH](=O)OC(C(=O)OC)C(CC(=O)OC)C(=O)OC. The number of carbonyl (C=O) groups excluding carboxylic acids is 3. The van der Waals surface area contributed by atoms with Gasteiger partial charge in [-0.25, -0.2) is 4.79 Å². The first-order chi connectivity index (χ1) is 9.90. The molecule has 0 saturated carbocycles. The van der Waals surface area contributed by atoms with Crippen LogP contribution >= 0.6 is 8.03 Å². The summed E-state index contributed by atoms with van der Waals surface area (Å²) >= 11 is 0. The van der Waals surface area contributed by atoms with Gasteiger partial charge in [-0.3, -0.25) is 14.2 Å². The maximum absolute atomic E-state index is 11.7. The van der Waals surface area contributed by atoms with Gasteiger partial charge < -0.3 is 23.5 Å². The monoisotopic (exact) mass is 326 g/mol. The number of esters is 3. The van der Waals surface area contributed by atoms with Crippen LogP contribution in [0.4, 0.5) is 0 Å². The molecule has 0 aliphatic rings. The lowest BCUT2D eigenvalue weighted by Crippen LogP contribution is -2.39. The molecule has 0 amide bonds. The number of rotatable bonds is 9. The zero-order chi connectivity index (χ0) is 16.4. The van der Waals surface area contributed by atoms with Crippen LogP contribution in [0.25, 0.3) is 0 Å². The molecule has 21 heavy (non-hydrogen) atoms. The van der Waals surface area contributed by atoms with Gasteiger partial charge in [0.2, 0.25) is 8.03 Å². The summed E-state index contributed by atoms with van der Waals surface area (Å²) in [5.41, 5.74) is 0. The van der Waals surface area contributed by atoms with E-state index in [2.05, 4.69) is 18.9 Å². The largest absolute Gasteiger partial charge is 0.469 e. The quantitative estimate of drug-likeness (QED) is 0.327. The number of carbonyl (C=O) groups is 3. The normalized spacial score (nSPS) is 14.7. The Morgan fingerprint density at radius 1 is 0.952 bits per heavy atom. The van der Waals surface area contributed by atoms with Crippen molar-refractivity contribution in [1.29, 1.82) is 0 Å². The molecule has 0 saturated heterocycles. The molecular formula is C11H19O9P. The van der Waals surface area contributed by atoms with Gasteiger partial charge in [0.15, 0.2) is 6.10 Å². The Kier molecular flexibility index (Phi) is 9.60. The van der Waals surface area contributed by atoms with Crippen molar-refractivity contribution in [2.45, 2.75) is 12.5 Å². The molecule has 0 radical (unpaired) electrons. The zero-order valence-electron chi connectivity index (χ0n) is 12.2. The number of methoxy groups -OCH3 is 4. The third-order valence-corrected chi connectivity index (χ3v) is 3.48. The van der Waals surface area contributed by atoms with E-state index in [9.17, 15) is 18.9 Å². The standard InChI is InChI=1S/C11H19O9P/c1-16-6-21(15)20-9(11(14)19-4)7(10(13)18-3)5-8(12)17-2/h7,9,21H,5-6H2,1-4H3. The minimum atomic E-state index is -2.75. The Hall–Kier alpha value is -1.44. The lowest BCUT2D eigenvalue weighted by Gasteiger charge is -2.22. The molecule has 0 bridgehead atoms. The fourth-order valence-electron chi connectivity index (χ4n) is 1.43. The van der Waals surface area contributed by atoms with Crippen LogP contribution in [0, 0.1) is 5.92 Å². The Morgan fingerprint density at radius 2 is 1.52 bits per heavy atom. The van der Waals surface area contributed by atoms with Crippen LogP contribution in [0.3, 0.4) is 0 Å². The first-order valence-corrected chi connectivity index (χ1v) is 7.34. The molecule has 0 aromatic heterocycles. The maximum atomic E-state index is 11.7. The second-order valence-corrected chi connectivity index (χ2v) is 5.04. The molecule has 0 heterocycles. The van der Waals surface area contributed by atoms with E-state index in [1.807, 2.05) is 0 Å². The molecule has 3 unspecified atom stereocenters. The van der Waals surface area contributed by atoms with Crippen LogP contribution < -0.4 is 0 Å². The van der Waals surface area contributed by atoms with E-state index in [0.717, 1.165) is 21.3 Å². The molecule has 3 atom stereocenters. The maximum Gasteiger partial charge on any atom is 0.336 e. The second-order valence-electron chi connectivity index (χ2n) is 3.78. The van der Waals surface area contributed by atoms with Crippen LogP contribution in [-0.2, 0) is 42.4 Å². The summed E-state index contributed by atoms with van der Waals surface area (Å²) in [4.78, 5) is 34.8. The molecule has 0 N–H and O–H groups in total. The fraction of sp³-hybridized carbons (Fsp3) is 0.727. The molecule has 0 rings (SSSR count). The molecule has 0 aromatic carbocycles. The Balaban J connectivity index is 5.25. The lowest BCUT2D eigenvalue weighted by atomic mass is 9.99. The fourth-order valence-corrected chi connectivity index (χ4v) is 2.28. The highest BCUT2D eigenvalue weighted by Crippen LogP contribution is 2.29. The number of hydrogen-bond donors (Lipinski definition) is 0. The molecule has 0 aromatic rings. The number of ether oxygens (including phenoxy) is 4. The predicted octanol–water partition coefficient (Wildman–Crippen LogP) is -0.0245. The summed E-state index contributed by atoms with van der Waals surface area (Å²) in [5.74, 6) is -3.93. The smallest absolute Gasteiger partial charge is 0.336 e. The minimum absolute atomic E-state index is 0.246. The average Bonchev–Trinajstić information content (AvgIpc) is 2.48. The first kappa shape index (κ1) is 19.6. The Labute approximate surface area is 122 Å². The summed E-state index contributed by atoms with van der Waals surface area (Å²) < 4.78 is 34.7. The molecule has 0 spiro atoms. The molecular weight excluding hydrogens is 307 g/mol. The van der Waals surface area contributed by atoms with Crippen LogP contribution in [0.15, 0.2) is 0 Å². The predicted molar refractivity (Wildman–Crippen MR) is 69.9 cm³/mol. The molecule has 0 aliphatic heterocycles. The summed E-state index contributed by atoms with van der Waals surface area (Å²) in [6.07, 6.45) is -2.28. The molecule has 9 nitrogen and oxygen atoms in total. The third-order valence-electron chi connectivity index (χ3n) is 2.44. The lowest BCUT2D eigenvalue weighted by molar-refractivity contribution is -0.164. The zero-order valence-corrected chi connectivity index (χ0v) is 13.2. The average molecular weight is 326 g/mol. The molecule has 122 valence electrons. The van der Waals surface area contributed by atoms with E-state index in [4.69, 9.17) is 4.52 Å². The summed E-state index contributed by atoms with van der Waals surface area (Å²) in [6, 6.07) is 0. The highest BCUT2D eigenvalue weighted by atomic mass is 31.1. The van der Waals surface area contributed by atoms with Crippen LogP contribution in [0.2, 0.25) is 0 Å². The van der Waals surface area contributed by atoms with Gasteiger partial charge in [-0.15, -0.1) is 0 Å². The van der Waals surface area contributed by atoms with Crippen molar-refractivity contribution < 1.29 is 42.4 Å². The van der Waals surface area contributed by atoms with E-state index in [0.29, 0.717) is 0 Å². The van der Waals surface area contributed by atoms with Crippen molar-refractivity contribution in [2.75, 3.05) is 34.8 Å². The van der Waals surface area contributed by atoms with E-state index >= 15 is 0 Å². The van der Waals surface area contributed by atoms with Crippen LogP contribution in [0.1, 0.15) is 6.42 Å². The van der Waals surface area contributed by atoms with Crippen molar-refractivity contribution in [3.63, 3.8) is 0 Å². The second kappa shape index (κ2) is 10.3. The van der Waals surface area contributed by atoms with Crippen molar-refractivity contribution in [3.8, 4) is 0 Å². The minimum Gasteiger partial charge on any atom is -0.469 e. The van der Waals surface area contributed by atoms with Gasteiger partial charge in [0.05, 0.1) is 27.8 Å². The molecule has 0 fully saturated rings. The van der Waals surface area contributed by atoms with Gasteiger partial charge >= 0.3 is 17.9 Å². The van der Waals surface area contributed by atoms with Crippen molar-refractivity contribution >= 4 is 25.9 Å². The Morgan fingerprint density at radius 3 is 1.95 bits per heavy atom. The topological polar surface area (TPSA) is 114 Å². The van der Waals surface area contributed by atoms with E-state index in [1.165, 1.54) is 7.11 Å². The highest BCUT2D eigenvalue weighted by molar-refractivity contribution is 7.38. The third kappa shape index (κ3) is 6.70. The van der Waals surface area contributed by atoms with E-state index in [1.54, 1.807) is 0 Å². The molecule has 0 aliphatic carbocycles. The van der Waals surface area contributed by atoms with Gasteiger partial charge in [-0.05, 0) is 0 Å². The van der Waals surface area contributed by atoms with Crippen molar-refractivity contribution in [2.24, 2.45) is 5.92 Å². The van der Waals surface area contributed by atoms with Gasteiger partial charge in [-0.2, -0.15) is 0 Å². The Bertz CT molecular complexity index is 395. The van der Waals surface area contributed by atoms with Crippen molar-refractivity contribution in [3.05, 3.63) is 0 Å². The highest BCUT2D eigenvalue weighted by Gasteiger charge is 2.39. The van der Waals surface area contributed by atoms with E-state index < -0.39 is 44.4 Å². The van der Waals surface area contributed by atoms with E-state index in [-0.39, 0.29) is 6.35 Å². The summed E-state index contributed by atoms with van der Waals surface area (Å²) in [6.45, 7) is 0. The van der Waals surface area contributed by atoms with Gasteiger partial charge in [-0.1, -0.05) is 0 Å². The molecule has 10 heteroatoms. The van der Waals surface area contributed by atoms with Gasteiger partial charge in [0.25, 0.3) is 0 Å². The van der Waals surface area contributed by atoms with Crippen molar-refractivity contribution in [1.82, 2.24) is 0 Å². The van der Waals surface area contributed by atoms with Crippen LogP contribution in [-0.4, -0.2) is 58.8 Å². The van der Waals surface area contributed by atoms with Gasteiger partial charge in [0, 0.05) is 7.11 Å². The number of hydrogen-bond acceptors (Lipinski definition) is 9. The summed E-state index contributed by atoms with van der Waals surface area (Å²) in [5, 5.41) is 0. The van der Waals surface area contributed by atoms with Crippen LogP contribution in [0.5, 0.6) is 0 Å². The van der Waals surface area contributed by atoms with Gasteiger partial charge in [0.1, 0.15) is 12.3 Å². The first-order valence-electron chi connectivity index (χ1n) is 5.82.